The lowest BCUT2D eigenvalue weighted by atomic mass is 10.1. The van der Waals surface area contributed by atoms with E-state index in [1.54, 1.807) is 12.1 Å². The fraction of sp³-hybridized carbons (Fsp3) is 0.227. The molecule has 2 aromatic carbocycles. The number of aromatic nitrogens is 2. The van der Waals surface area contributed by atoms with E-state index in [1.807, 2.05) is 30.3 Å². The van der Waals surface area contributed by atoms with E-state index in [0.717, 1.165) is 40.6 Å². The van der Waals surface area contributed by atoms with Gasteiger partial charge in [0, 0.05) is 40.9 Å². The summed E-state index contributed by atoms with van der Waals surface area (Å²) in [7, 11) is 0. The van der Waals surface area contributed by atoms with Gasteiger partial charge in [-0.3, -0.25) is 9.59 Å². The van der Waals surface area contributed by atoms with Crippen LogP contribution in [0.15, 0.2) is 53.6 Å². The van der Waals surface area contributed by atoms with Gasteiger partial charge in [-0.15, -0.1) is 11.8 Å². The van der Waals surface area contributed by atoms with Gasteiger partial charge < -0.3 is 15.2 Å². The van der Waals surface area contributed by atoms with E-state index in [9.17, 15) is 9.59 Å². The Morgan fingerprint density at radius 2 is 2.00 bits per heavy atom. The molecule has 2 aliphatic rings. The molecule has 0 spiro atoms. The van der Waals surface area contributed by atoms with Crippen molar-refractivity contribution in [2.45, 2.75) is 30.7 Å². The summed E-state index contributed by atoms with van der Waals surface area (Å²) >= 11 is 1.48. The third kappa shape index (κ3) is 3.65. The Labute approximate surface area is 172 Å². The Kier molecular flexibility index (Phi) is 4.60. The molecule has 3 aromatic rings. The van der Waals surface area contributed by atoms with Gasteiger partial charge in [0.15, 0.2) is 0 Å². The van der Waals surface area contributed by atoms with Crippen molar-refractivity contribution in [3.63, 3.8) is 0 Å². The quantitative estimate of drug-likeness (QED) is 0.687. The Hall–Kier alpha value is -3.06. The molecular weight excluding hydrogens is 384 g/mol. The van der Waals surface area contributed by atoms with Crippen LogP contribution in [0.1, 0.15) is 29.0 Å². The number of benzene rings is 2. The topological polar surface area (TPSA) is 76.0 Å². The lowest BCUT2D eigenvalue weighted by molar-refractivity contribution is -0.113. The molecule has 0 bridgehead atoms. The molecule has 7 heteroatoms. The molecule has 2 aliphatic heterocycles. The van der Waals surface area contributed by atoms with Crippen LogP contribution in [0.5, 0.6) is 0 Å². The number of rotatable bonds is 3. The molecule has 3 heterocycles. The Morgan fingerprint density at radius 3 is 2.83 bits per heavy atom. The molecule has 1 aromatic heterocycles. The second kappa shape index (κ2) is 7.40. The van der Waals surface area contributed by atoms with Crippen LogP contribution in [-0.2, 0) is 17.8 Å². The summed E-state index contributed by atoms with van der Waals surface area (Å²) in [4.78, 5) is 29.9. The first-order chi connectivity index (χ1) is 14.2. The van der Waals surface area contributed by atoms with Crippen LogP contribution >= 0.6 is 11.8 Å². The van der Waals surface area contributed by atoms with Gasteiger partial charge in [-0.1, -0.05) is 12.1 Å². The van der Waals surface area contributed by atoms with Crippen molar-refractivity contribution in [2.24, 2.45) is 0 Å². The number of amides is 2. The van der Waals surface area contributed by atoms with E-state index in [4.69, 9.17) is 4.98 Å². The molecule has 0 aliphatic carbocycles. The summed E-state index contributed by atoms with van der Waals surface area (Å²) in [5.41, 5.74) is 3.94. The van der Waals surface area contributed by atoms with Crippen LogP contribution in [0, 0.1) is 0 Å². The molecule has 0 fully saturated rings. The number of nitrogens with zero attached hydrogens (tertiary/aromatic N) is 2. The highest BCUT2D eigenvalue weighted by atomic mass is 32.2. The van der Waals surface area contributed by atoms with E-state index in [2.05, 4.69) is 21.4 Å². The van der Waals surface area contributed by atoms with Gasteiger partial charge in [-0.25, -0.2) is 4.98 Å². The summed E-state index contributed by atoms with van der Waals surface area (Å²) in [5.74, 6) is 1.31. The van der Waals surface area contributed by atoms with Crippen LogP contribution in [0.4, 0.5) is 11.4 Å². The van der Waals surface area contributed by atoms with Gasteiger partial charge in [-0.05, 0) is 43.2 Å². The minimum absolute atomic E-state index is 0.0448. The van der Waals surface area contributed by atoms with Gasteiger partial charge in [0.1, 0.15) is 5.82 Å². The van der Waals surface area contributed by atoms with Gasteiger partial charge in [0.05, 0.1) is 17.1 Å². The number of thioether (sulfide) groups is 1. The first-order valence-corrected chi connectivity index (χ1v) is 10.7. The highest BCUT2D eigenvalue weighted by molar-refractivity contribution is 8.00. The molecule has 146 valence electrons. The first kappa shape index (κ1) is 18.0. The molecular formula is C22H20N4O2S. The summed E-state index contributed by atoms with van der Waals surface area (Å²) in [5, 5.41) is 5.74. The molecule has 2 amide bonds. The van der Waals surface area contributed by atoms with Crippen molar-refractivity contribution >= 4 is 35.0 Å². The second-order valence-corrected chi connectivity index (χ2v) is 8.29. The third-order valence-corrected chi connectivity index (χ3v) is 6.30. The molecule has 5 rings (SSSR count). The largest absolute Gasteiger partial charge is 0.334 e. The lowest BCUT2D eigenvalue weighted by Gasteiger charge is -2.17. The zero-order chi connectivity index (χ0) is 19.8. The highest BCUT2D eigenvalue weighted by Gasteiger charge is 2.18. The number of imidazole rings is 1. The fourth-order valence-corrected chi connectivity index (χ4v) is 4.49. The fourth-order valence-electron chi connectivity index (χ4n) is 3.70. The number of hydrogen-bond acceptors (Lipinski definition) is 4. The molecule has 0 radical (unpaired) electrons. The van der Waals surface area contributed by atoms with Gasteiger partial charge >= 0.3 is 0 Å². The molecule has 0 atom stereocenters. The van der Waals surface area contributed by atoms with Crippen molar-refractivity contribution in [1.82, 2.24) is 9.55 Å². The van der Waals surface area contributed by atoms with Crippen LogP contribution in [0.2, 0.25) is 0 Å². The molecule has 0 unspecified atom stereocenters. The van der Waals surface area contributed by atoms with Gasteiger partial charge in [-0.2, -0.15) is 0 Å². The summed E-state index contributed by atoms with van der Waals surface area (Å²) in [6.07, 6.45) is 5.56. The average molecular weight is 404 g/mol. The van der Waals surface area contributed by atoms with Crippen LogP contribution < -0.4 is 10.6 Å². The SMILES string of the molecule is O=C1CSc2ccc(C(=O)Nc3ccc(-c4cn5c(n4)CCCC5)cc3)cc2N1. The van der Waals surface area contributed by atoms with Crippen molar-refractivity contribution in [2.75, 3.05) is 16.4 Å². The molecule has 29 heavy (non-hydrogen) atoms. The predicted octanol–water partition coefficient (Wildman–Crippen LogP) is 4.18. The van der Waals surface area contributed by atoms with E-state index in [1.165, 1.54) is 24.6 Å². The zero-order valence-corrected chi connectivity index (χ0v) is 16.6. The van der Waals surface area contributed by atoms with Crippen molar-refractivity contribution < 1.29 is 9.59 Å². The predicted molar refractivity (Wildman–Crippen MR) is 114 cm³/mol. The third-order valence-electron chi connectivity index (χ3n) is 5.22. The van der Waals surface area contributed by atoms with E-state index in [-0.39, 0.29) is 11.8 Å². The summed E-state index contributed by atoms with van der Waals surface area (Å²) < 4.78 is 2.24. The smallest absolute Gasteiger partial charge is 0.255 e. The maximum atomic E-state index is 12.6. The van der Waals surface area contributed by atoms with E-state index in [0.29, 0.717) is 17.0 Å². The number of nitrogens with one attached hydrogen (secondary N) is 2. The number of carbonyl (C=O) groups excluding carboxylic acids is 2. The second-order valence-electron chi connectivity index (χ2n) is 7.27. The van der Waals surface area contributed by atoms with Crippen molar-refractivity contribution in [1.29, 1.82) is 0 Å². The van der Waals surface area contributed by atoms with Crippen molar-refractivity contribution in [3.05, 3.63) is 60.0 Å². The minimum Gasteiger partial charge on any atom is -0.334 e. The Morgan fingerprint density at radius 1 is 1.14 bits per heavy atom. The van der Waals surface area contributed by atoms with Crippen LogP contribution in [0.25, 0.3) is 11.3 Å². The van der Waals surface area contributed by atoms with Crippen LogP contribution in [-0.4, -0.2) is 27.1 Å². The number of fused-ring (bicyclic) bond motifs is 2. The number of hydrogen-bond donors (Lipinski definition) is 2. The summed E-state index contributed by atoms with van der Waals surface area (Å²) in [6.45, 7) is 1.04. The van der Waals surface area contributed by atoms with Gasteiger partial charge in [0.2, 0.25) is 5.91 Å². The maximum Gasteiger partial charge on any atom is 0.255 e. The first-order valence-electron chi connectivity index (χ1n) is 9.70. The number of anilines is 2. The lowest BCUT2D eigenvalue weighted by Crippen LogP contribution is -2.19. The monoisotopic (exact) mass is 404 g/mol. The van der Waals surface area contributed by atoms with E-state index < -0.39 is 0 Å². The van der Waals surface area contributed by atoms with Gasteiger partial charge in [0.25, 0.3) is 5.91 Å². The number of carbonyl (C=O) groups is 2. The Bertz CT molecular complexity index is 1080. The van der Waals surface area contributed by atoms with Crippen LogP contribution in [0.3, 0.4) is 0 Å². The average Bonchev–Trinajstić information content (AvgIpc) is 3.18. The van der Waals surface area contributed by atoms with Crippen molar-refractivity contribution in [3.8, 4) is 11.3 Å². The minimum atomic E-state index is -0.206. The molecule has 2 N–H and O–H groups in total. The van der Waals surface area contributed by atoms with E-state index >= 15 is 0 Å². The standard InChI is InChI=1S/C22H20N4O2S/c27-21-13-29-19-9-6-15(11-17(19)25-21)22(28)23-16-7-4-14(5-8-16)18-12-26-10-2-1-3-20(26)24-18/h4-9,11-12H,1-3,10,13H2,(H,23,28)(H,25,27). The summed E-state index contributed by atoms with van der Waals surface area (Å²) in [6, 6.07) is 13.1. The number of aryl methyl sites for hydroxylation is 2. The zero-order valence-electron chi connectivity index (χ0n) is 15.8. The molecule has 0 saturated carbocycles. The Balaban J connectivity index is 1.31. The maximum absolute atomic E-state index is 12.6. The molecule has 0 saturated heterocycles. The molecule has 6 nitrogen and oxygen atoms in total. The highest BCUT2D eigenvalue weighted by Crippen LogP contribution is 2.32. The normalized spacial score (nSPS) is 15.2.